The Labute approximate surface area is 138 Å². The van der Waals surface area contributed by atoms with Crippen LogP contribution in [0.5, 0.6) is 5.75 Å². The van der Waals surface area contributed by atoms with Gasteiger partial charge in [-0.25, -0.2) is 0 Å². The number of carbonyl (C=O) groups is 1. The van der Waals surface area contributed by atoms with Gasteiger partial charge in [-0.1, -0.05) is 48.0 Å². The number of carbonyl (C=O) groups excluding carboxylic acids is 1. The molecular formula is C20H25NO2. The Hall–Kier alpha value is -2.29. The summed E-state index contributed by atoms with van der Waals surface area (Å²) in [6.45, 7) is 6.50. The van der Waals surface area contributed by atoms with Crippen LogP contribution in [0.1, 0.15) is 30.0 Å². The topological polar surface area (TPSA) is 38.3 Å². The average molecular weight is 311 g/mol. The molecule has 2 aromatic carbocycles. The fourth-order valence-corrected chi connectivity index (χ4v) is 2.34. The van der Waals surface area contributed by atoms with E-state index in [9.17, 15) is 4.79 Å². The van der Waals surface area contributed by atoms with E-state index in [0.29, 0.717) is 6.54 Å². The van der Waals surface area contributed by atoms with Gasteiger partial charge in [0.2, 0.25) is 0 Å². The molecule has 1 atom stereocenters. The Kier molecular flexibility index (Phi) is 6.21. The highest BCUT2D eigenvalue weighted by Crippen LogP contribution is 2.17. The zero-order valence-corrected chi connectivity index (χ0v) is 14.1. The van der Waals surface area contributed by atoms with Crippen LogP contribution in [0.3, 0.4) is 0 Å². The first kappa shape index (κ1) is 17.1. The molecule has 0 radical (unpaired) electrons. The smallest absolute Gasteiger partial charge is 0.260 e. The third-order valence-corrected chi connectivity index (χ3v) is 3.83. The lowest BCUT2D eigenvalue weighted by atomic mass is 10.1. The third kappa shape index (κ3) is 5.44. The highest BCUT2D eigenvalue weighted by Gasteiger charge is 2.14. The zero-order chi connectivity index (χ0) is 16.7. The van der Waals surface area contributed by atoms with Crippen molar-refractivity contribution in [3.8, 4) is 5.75 Å². The number of aryl methyl sites for hydroxylation is 3. The first-order valence-corrected chi connectivity index (χ1v) is 8.12. The maximum absolute atomic E-state index is 12.1. The summed E-state index contributed by atoms with van der Waals surface area (Å²) in [6, 6.07) is 16.2. The second-order valence-electron chi connectivity index (χ2n) is 5.91. The van der Waals surface area contributed by atoms with Gasteiger partial charge in [-0.05, 0) is 50.8 Å². The van der Waals surface area contributed by atoms with E-state index in [1.165, 1.54) is 11.1 Å². The van der Waals surface area contributed by atoms with Gasteiger partial charge in [0.1, 0.15) is 5.75 Å². The predicted molar refractivity (Wildman–Crippen MR) is 93.8 cm³/mol. The molecular weight excluding hydrogens is 286 g/mol. The largest absolute Gasteiger partial charge is 0.481 e. The van der Waals surface area contributed by atoms with Gasteiger partial charge in [0, 0.05) is 6.54 Å². The van der Waals surface area contributed by atoms with Crippen LogP contribution in [-0.4, -0.2) is 18.6 Å². The van der Waals surface area contributed by atoms with Crippen molar-refractivity contribution < 1.29 is 9.53 Å². The number of para-hydroxylation sites is 1. The molecule has 122 valence electrons. The number of ether oxygens (including phenoxy) is 1. The highest BCUT2D eigenvalue weighted by molar-refractivity contribution is 5.80. The molecule has 0 aliphatic rings. The molecule has 0 bridgehead atoms. The number of rotatable bonds is 7. The van der Waals surface area contributed by atoms with Crippen LogP contribution in [0.15, 0.2) is 48.5 Å². The normalized spacial score (nSPS) is 11.8. The summed E-state index contributed by atoms with van der Waals surface area (Å²) in [6.07, 6.45) is 1.40. The Morgan fingerprint density at radius 1 is 1.09 bits per heavy atom. The number of amides is 1. The van der Waals surface area contributed by atoms with Gasteiger partial charge < -0.3 is 10.1 Å². The Morgan fingerprint density at radius 3 is 2.48 bits per heavy atom. The van der Waals surface area contributed by atoms with Gasteiger partial charge in [-0.15, -0.1) is 0 Å². The van der Waals surface area contributed by atoms with Crippen LogP contribution >= 0.6 is 0 Å². The maximum Gasteiger partial charge on any atom is 0.260 e. The minimum atomic E-state index is -0.490. The first-order chi connectivity index (χ1) is 11.1. The molecule has 0 heterocycles. The molecule has 0 saturated heterocycles. The summed E-state index contributed by atoms with van der Waals surface area (Å²) in [7, 11) is 0. The van der Waals surface area contributed by atoms with E-state index in [0.717, 1.165) is 24.2 Å². The Morgan fingerprint density at radius 2 is 1.78 bits per heavy atom. The van der Waals surface area contributed by atoms with Gasteiger partial charge in [0.25, 0.3) is 5.91 Å². The molecule has 0 aliphatic heterocycles. The van der Waals surface area contributed by atoms with Gasteiger partial charge in [0.15, 0.2) is 6.10 Å². The summed E-state index contributed by atoms with van der Waals surface area (Å²) in [5.74, 6) is 0.687. The summed E-state index contributed by atoms with van der Waals surface area (Å²) >= 11 is 0. The molecule has 0 unspecified atom stereocenters. The predicted octanol–water partition coefficient (Wildman–Crippen LogP) is 3.82. The molecule has 3 nitrogen and oxygen atoms in total. The van der Waals surface area contributed by atoms with Crippen molar-refractivity contribution >= 4 is 5.91 Å². The van der Waals surface area contributed by atoms with Gasteiger partial charge in [-0.3, -0.25) is 4.79 Å². The molecule has 0 saturated carbocycles. The van der Waals surface area contributed by atoms with Crippen LogP contribution in [0.2, 0.25) is 0 Å². The Bertz CT molecular complexity index is 634. The van der Waals surface area contributed by atoms with Crippen molar-refractivity contribution in [1.29, 1.82) is 0 Å². The molecule has 2 rings (SSSR count). The van der Waals surface area contributed by atoms with E-state index in [4.69, 9.17) is 4.74 Å². The standard InChI is InChI=1S/C20H25NO2/c1-15-10-12-18(13-11-15)8-6-14-21-20(22)17(3)23-19-9-5-4-7-16(19)2/h4-5,7,9-13,17H,6,8,14H2,1-3H3,(H,21,22)/t17-/m0/s1. The number of benzene rings is 2. The van der Waals surface area contributed by atoms with Crippen LogP contribution in [0.25, 0.3) is 0 Å². The SMILES string of the molecule is Cc1ccc(CCCNC(=O)[C@H](C)Oc2ccccc2C)cc1. The van der Waals surface area contributed by atoms with E-state index in [1.54, 1.807) is 6.92 Å². The quantitative estimate of drug-likeness (QED) is 0.789. The summed E-state index contributed by atoms with van der Waals surface area (Å²) in [5, 5.41) is 2.94. The van der Waals surface area contributed by atoms with Crippen molar-refractivity contribution in [3.63, 3.8) is 0 Å². The van der Waals surface area contributed by atoms with E-state index >= 15 is 0 Å². The van der Waals surface area contributed by atoms with Crippen LogP contribution in [0.4, 0.5) is 0 Å². The molecule has 0 aromatic heterocycles. The van der Waals surface area contributed by atoms with Crippen LogP contribution in [-0.2, 0) is 11.2 Å². The summed E-state index contributed by atoms with van der Waals surface area (Å²) in [4.78, 5) is 12.1. The minimum Gasteiger partial charge on any atom is -0.481 e. The van der Waals surface area contributed by atoms with Crippen molar-refractivity contribution in [2.24, 2.45) is 0 Å². The van der Waals surface area contributed by atoms with Crippen LogP contribution in [0, 0.1) is 13.8 Å². The lowest BCUT2D eigenvalue weighted by Gasteiger charge is -2.16. The number of hydrogen-bond donors (Lipinski definition) is 1. The Balaban J connectivity index is 1.72. The third-order valence-electron chi connectivity index (χ3n) is 3.83. The van der Waals surface area contributed by atoms with Crippen molar-refractivity contribution in [2.75, 3.05) is 6.54 Å². The highest BCUT2D eigenvalue weighted by atomic mass is 16.5. The molecule has 1 amide bonds. The van der Waals surface area contributed by atoms with E-state index in [-0.39, 0.29) is 5.91 Å². The fraction of sp³-hybridized carbons (Fsp3) is 0.350. The molecule has 23 heavy (non-hydrogen) atoms. The van der Waals surface area contributed by atoms with Crippen molar-refractivity contribution in [1.82, 2.24) is 5.32 Å². The number of hydrogen-bond acceptors (Lipinski definition) is 2. The molecule has 2 aromatic rings. The molecule has 0 aliphatic carbocycles. The van der Waals surface area contributed by atoms with E-state index < -0.39 is 6.10 Å². The summed E-state index contributed by atoms with van der Waals surface area (Å²) in [5.41, 5.74) is 3.60. The molecule has 0 spiro atoms. The van der Waals surface area contributed by atoms with E-state index in [1.807, 2.05) is 31.2 Å². The van der Waals surface area contributed by atoms with Crippen molar-refractivity contribution in [2.45, 2.75) is 39.7 Å². The monoisotopic (exact) mass is 311 g/mol. The molecule has 3 heteroatoms. The summed E-state index contributed by atoms with van der Waals surface area (Å²) < 4.78 is 5.72. The average Bonchev–Trinajstić information content (AvgIpc) is 2.55. The second-order valence-corrected chi connectivity index (χ2v) is 5.91. The minimum absolute atomic E-state index is 0.0721. The fourth-order valence-electron chi connectivity index (χ4n) is 2.34. The van der Waals surface area contributed by atoms with Gasteiger partial charge in [0.05, 0.1) is 0 Å². The second kappa shape index (κ2) is 8.37. The maximum atomic E-state index is 12.1. The van der Waals surface area contributed by atoms with E-state index in [2.05, 4.69) is 36.5 Å². The van der Waals surface area contributed by atoms with Gasteiger partial charge >= 0.3 is 0 Å². The first-order valence-electron chi connectivity index (χ1n) is 8.12. The zero-order valence-electron chi connectivity index (χ0n) is 14.1. The molecule has 1 N–H and O–H groups in total. The lowest BCUT2D eigenvalue weighted by Crippen LogP contribution is -2.37. The van der Waals surface area contributed by atoms with Gasteiger partial charge in [-0.2, -0.15) is 0 Å². The lowest BCUT2D eigenvalue weighted by molar-refractivity contribution is -0.127. The van der Waals surface area contributed by atoms with Crippen molar-refractivity contribution in [3.05, 3.63) is 65.2 Å². The van der Waals surface area contributed by atoms with Crippen LogP contribution < -0.4 is 10.1 Å². The molecule has 0 fully saturated rings. The number of nitrogens with one attached hydrogen (secondary N) is 1.